The summed E-state index contributed by atoms with van der Waals surface area (Å²) >= 11 is 12.7. The van der Waals surface area contributed by atoms with Gasteiger partial charge in [0.2, 0.25) is 5.91 Å². The molecule has 1 aromatic carbocycles. The molecule has 3 N–H and O–H groups in total. The quantitative estimate of drug-likeness (QED) is 0.606. The second-order valence-electron chi connectivity index (χ2n) is 4.79. The molecule has 0 radical (unpaired) electrons. The van der Waals surface area contributed by atoms with E-state index >= 15 is 0 Å². The van der Waals surface area contributed by atoms with Crippen LogP contribution in [0.15, 0.2) is 28.2 Å². The number of aromatic nitrogens is 3. The number of rotatable bonds is 7. The fourth-order valence-corrected chi connectivity index (χ4v) is 2.89. The first-order chi connectivity index (χ1) is 11.8. The van der Waals surface area contributed by atoms with E-state index in [2.05, 4.69) is 20.5 Å². The van der Waals surface area contributed by atoms with Gasteiger partial charge in [-0.05, 0) is 18.2 Å². The summed E-state index contributed by atoms with van der Waals surface area (Å²) in [6.45, 7) is 0. The molecule has 2 aromatic rings. The van der Waals surface area contributed by atoms with Crippen LogP contribution in [0.2, 0.25) is 10.0 Å². The standard InChI is InChI=1S/C14H12Cl2N4O4S/c15-7-3-8(16)5-9(4-7)17-11(21)6-25-14-18-13(24)10(19-20-14)1-2-12(22)23/h3-5H,1-2,6H2,(H,17,21)(H,22,23)(H,18,20,24). The van der Waals surface area contributed by atoms with Crippen LogP contribution in [0.4, 0.5) is 5.69 Å². The summed E-state index contributed by atoms with van der Waals surface area (Å²) in [6.07, 6.45) is -0.229. The summed E-state index contributed by atoms with van der Waals surface area (Å²) in [5.74, 6) is -1.40. The maximum atomic E-state index is 11.9. The fraction of sp³-hybridized carbons (Fsp3) is 0.214. The van der Waals surface area contributed by atoms with Gasteiger partial charge < -0.3 is 10.4 Å². The summed E-state index contributed by atoms with van der Waals surface area (Å²) in [4.78, 5) is 36.6. The number of carboxylic acids is 1. The third kappa shape index (κ3) is 6.37. The summed E-state index contributed by atoms with van der Waals surface area (Å²) < 4.78 is 0. The molecule has 2 rings (SSSR count). The largest absolute Gasteiger partial charge is 0.481 e. The van der Waals surface area contributed by atoms with E-state index in [0.717, 1.165) is 11.8 Å². The summed E-state index contributed by atoms with van der Waals surface area (Å²) in [5, 5.41) is 19.6. The maximum Gasteiger partial charge on any atom is 0.303 e. The van der Waals surface area contributed by atoms with Gasteiger partial charge in [0.15, 0.2) is 5.16 Å². The molecular formula is C14H12Cl2N4O4S. The molecule has 1 aromatic heterocycles. The van der Waals surface area contributed by atoms with Gasteiger partial charge >= 0.3 is 5.97 Å². The molecule has 0 spiro atoms. The van der Waals surface area contributed by atoms with E-state index in [1.165, 1.54) is 0 Å². The highest BCUT2D eigenvalue weighted by molar-refractivity contribution is 7.99. The lowest BCUT2D eigenvalue weighted by Gasteiger charge is -2.06. The number of carboxylic acid groups (broad SMARTS) is 1. The van der Waals surface area contributed by atoms with Crippen LogP contribution in [0.5, 0.6) is 0 Å². The Bertz CT molecular complexity index is 839. The number of aliphatic carboxylic acids is 1. The number of benzene rings is 1. The average molecular weight is 403 g/mol. The molecule has 8 nitrogen and oxygen atoms in total. The van der Waals surface area contributed by atoms with Crippen molar-refractivity contribution in [3.05, 3.63) is 44.3 Å². The van der Waals surface area contributed by atoms with Gasteiger partial charge in [-0.15, -0.1) is 10.2 Å². The highest BCUT2D eigenvalue weighted by atomic mass is 35.5. The molecule has 132 valence electrons. The van der Waals surface area contributed by atoms with Gasteiger partial charge in [0.05, 0.1) is 12.2 Å². The smallest absolute Gasteiger partial charge is 0.303 e. The van der Waals surface area contributed by atoms with Gasteiger partial charge in [-0.1, -0.05) is 35.0 Å². The molecule has 1 heterocycles. The Hall–Kier alpha value is -2.10. The van der Waals surface area contributed by atoms with E-state index in [9.17, 15) is 14.4 Å². The number of carbonyl (C=O) groups excluding carboxylic acids is 1. The van der Waals surface area contributed by atoms with E-state index in [-0.39, 0.29) is 35.4 Å². The highest BCUT2D eigenvalue weighted by Crippen LogP contribution is 2.22. The summed E-state index contributed by atoms with van der Waals surface area (Å²) in [5.41, 5.74) is -0.0442. The molecular weight excluding hydrogens is 391 g/mol. The van der Waals surface area contributed by atoms with Crippen molar-refractivity contribution in [2.45, 2.75) is 18.0 Å². The van der Waals surface area contributed by atoms with Crippen molar-refractivity contribution in [1.29, 1.82) is 0 Å². The van der Waals surface area contributed by atoms with Crippen LogP contribution in [0.3, 0.4) is 0 Å². The minimum atomic E-state index is -1.03. The zero-order valence-corrected chi connectivity index (χ0v) is 14.9. The Labute approximate surface area is 155 Å². The number of aromatic amines is 1. The number of hydrogen-bond donors (Lipinski definition) is 3. The van der Waals surface area contributed by atoms with Crippen molar-refractivity contribution < 1.29 is 14.7 Å². The van der Waals surface area contributed by atoms with Gasteiger partial charge in [0, 0.05) is 22.2 Å². The van der Waals surface area contributed by atoms with E-state index in [1.54, 1.807) is 18.2 Å². The first kappa shape index (κ1) is 19.2. The number of nitrogens with one attached hydrogen (secondary N) is 2. The minimum Gasteiger partial charge on any atom is -0.481 e. The molecule has 25 heavy (non-hydrogen) atoms. The van der Waals surface area contributed by atoms with Crippen molar-refractivity contribution in [3.8, 4) is 0 Å². The van der Waals surface area contributed by atoms with E-state index < -0.39 is 11.5 Å². The molecule has 0 aliphatic heterocycles. The Morgan fingerprint density at radius 3 is 2.48 bits per heavy atom. The highest BCUT2D eigenvalue weighted by Gasteiger charge is 2.10. The number of hydrogen-bond acceptors (Lipinski definition) is 6. The number of thioether (sulfide) groups is 1. The third-order valence-corrected chi connectivity index (χ3v) is 4.11. The lowest BCUT2D eigenvalue weighted by Crippen LogP contribution is -2.19. The number of anilines is 1. The Kier molecular flexibility index (Phi) is 6.80. The van der Waals surface area contributed by atoms with Gasteiger partial charge in [0.25, 0.3) is 5.56 Å². The van der Waals surface area contributed by atoms with Crippen molar-refractivity contribution in [2.75, 3.05) is 11.1 Å². The van der Waals surface area contributed by atoms with Crippen LogP contribution in [-0.4, -0.2) is 37.9 Å². The number of aryl methyl sites for hydroxylation is 1. The van der Waals surface area contributed by atoms with E-state index in [1.807, 2.05) is 0 Å². The maximum absolute atomic E-state index is 11.9. The Morgan fingerprint density at radius 2 is 1.88 bits per heavy atom. The van der Waals surface area contributed by atoms with E-state index in [4.69, 9.17) is 28.3 Å². The molecule has 1 amide bonds. The number of nitrogens with zero attached hydrogens (tertiary/aromatic N) is 2. The first-order valence-corrected chi connectivity index (χ1v) is 8.64. The Balaban J connectivity index is 1.92. The van der Waals surface area contributed by atoms with Gasteiger partial charge in [-0.25, -0.2) is 0 Å². The number of carbonyl (C=O) groups is 2. The summed E-state index contributed by atoms with van der Waals surface area (Å²) in [6, 6.07) is 4.64. The molecule has 0 saturated carbocycles. The third-order valence-electron chi connectivity index (χ3n) is 2.81. The van der Waals surface area contributed by atoms with Crippen molar-refractivity contribution in [3.63, 3.8) is 0 Å². The van der Waals surface area contributed by atoms with Gasteiger partial charge in [-0.2, -0.15) is 0 Å². The fourth-order valence-electron chi connectivity index (χ4n) is 1.76. The lowest BCUT2D eigenvalue weighted by molar-refractivity contribution is -0.137. The molecule has 0 saturated heterocycles. The molecule has 0 bridgehead atoms. The monoisotopic (exact) mass is 402 g/mol. The first-order valence-electron chi connectivity index (χ1n) is 6.90. The van der Waals surface area contributed by atoms with Crippen molar-refractivity contribution in [1.82, 2.24) is 15.2 Å². The molecule has 0 atom stereocenters. The zero-order chi connectivity index (χ0) is 18.4. The molecule has 0 unspecified atom stereocenters. The second-order valence-corrected chi connectivity index (χ2v) is 6.63. The topological polar surface area (TPSA) is 125 Å². The van der Waals surface area contributed by atoms with Crippen molar-refractivity contribution >= 4 is 52.5 Å². The van der Waals surface area contributed by atoms with Gasteiger partial charge in [0.1, 0.15) is 5.69 Å². The zero-order valence-electron chi connectivity index (χ0n) is 12.6. The van der Waals surface area contributed by atoms with Crippen LogP contribution >= 0.6 is 35.0 Å². The summed E-state index contributed by atoms with van der Waals surface area (Å²) in [7, 11) is 0. The van der Waals surface area contributed by atoms with Crippen LogP contribution < -0.4 is 10.9 Å². The molecule has 11 heteroatoms. The van der Waals surface area contributed by atoms with Crippen LogP contribution in [0, 0.1) is 0 Å². The minimum absolute atomic E-state index is 0.0153. The molecule has 0 aliphatic rings. The van der Waals surface area contributed by atoms with Gasteiger partial charge in [-0.3, -0.25) is 19.4 Å². The number of amides is 1. The Morgan fingerprint density at radius 1 is 1.20 bits per heavy atom. The predicted molar refractivity (Wildman–Crippen MR) is 94.4 cm³/mol. The van der Waals surface area contributed by atoms with Crippen LogP contribution in [0.1, 0.15) is 12.1 Å². The van der Waals surface area contributed by atoms with Crippen LogP contribution in [-0.2, 0) is 16.0 Å². The predicted octanol–water partition coefficient (Wildman–Crippen LogP) is 2.22. The molecule has 0 fully saturated rings. The van der Waals surface area contributed by atoms with Crippen LogP contribution in [0.25, 0.3) is 0 Å². The normalized spacial score (nSPS) is 10.5. The van der Waals surface area contributed by atoms with E-state index in [0.29, 0.717) is 15.7 Å². The lowest BCUT2D eigenvalue weighted by atomic mass is 10.2. The average Bonchev–Trinajstić information content (AvgIpc) is 2.50. The van der Waals surface area contributed by atoms with Crippen molar-refractivity contribution in [2.24, 2.45) is 0 Å². The number of halogens is 2. The SMILES string of the molecule is O=C(O)CCc1nnc(SCC(=O)Nc2cc(Cl)cc(Cl)c2)[nH]c1=O. The number of H-pyrrole nitrogens is 1. The molecule has 0 aliphatic carbocycles. The second kappa shape index (κ2) is 8.84.